The molecule has 2 unspecified atom stereocenters. The maximum Gasteiger partial charge on any atom is 0.254 e. The van der Waals surface area contributed by atoms with Crippen molar-refractivity contribution < 1.29 is 18.7 Å². The van der Waals surface area contributed by atoms with Crippen molar-refractivity contribution in [2.24, 2.45) is 0 Å². The van der Waals surface area contributed by atoms with Gasteiger partial charge in [0, 0.05) is 38.5 Å². The summed E-state index contributed by atoms with van der Waals surface area (Å²) in [6.45, 7) is 7.24. The Hall–Kier alpha value is -2.87. The fourth-order valence-corrected chi connectivity index (χ4v) is 3.86. The Kier molecular flexibility index (Phi) is 9.10. The molecule has 0 aliphatic carbocycles. The third kappa shape index (κ3) is 6.38. The highest BCUT2D eigenvalue weighted by atomic mass is 19.1. The number of ether oxygens (including phenoxy) is 2. The van der Waals surface area contributed by atoms with E-state index in [1.54, 1.807) is 13.2 Å². The lowest BCUT2D eigenvalue weighted by molar-refractivity contribution is -0.132. The summed E-state index contributed by atoms with van der Waals surface area (Å²) < 4.78 is 26.2. The van der Waals surface area contributed by atoms with Crippen LogP contribution in [0.4, 0.5) is 4.39 Å². The first kappa shape index (κ1) is 25.7. The highest BCUT2D eigenvalue weighted by Crippen LogP contribution is 2.25. The second kappa shape index (κ2) is 12.0. The van der Waals surface area contributed by atoms with Crippen LogP contribution in [0.1, 0.15) is 37.0 Å². The Morgan fingerprint density at radius 1 is 1.26 bits per heavy atom. The number of methoxy groups -OCH3 is 1. The minimum atomic E-state index is -0.640. The van der Waals surface area contributed by atoms with Crippen LogP contribution in [0.25, 0.3) is 11.1 Å². The summed E-state index contributed by atoms with van der Waals surface area (Å²) in [6, 6.07) is 10.9. The number of allylic oxidation sites excluding steroid dienone is 2. The van der Waals surface area contributed by atoms with E-state index in [4.69, 9.17) is 14.9 Å². The van der Waals surface area contributed by atoms with Crippen LogP contribution in [0.3, 0.4) is 0 Å². The first-order valence-corrected chi connectivity index (χ1v) is 11.6. The van der Waals surface area contributed by atoms with Gasteiger partial charge in [-0.15, -0.1) is 0 Å². The Labute approximate surface area is 201 Å². The molecule has 2 aromatic carbocycles. The molecule has 0 saturated carbocycles. The van der Waals surface area contributed by atoms with Gasteiger partial charge < -0.3 is 25.5 Å². The summed E-state index contributed by atoms with van der Waals surface area (Å²) in [6.07, 6.45) is 1.60. The fraction of sp³-hybridized carbons (Fsp3) is 0.407. The molecule has 1 amide bonds. The molecule has 6 nitrogen and oxygen atoms in total. The smallest absolute Gasteiger partial charge is 0.254 e. The van der Waals surface area contributed by atoms with Gasteiger partial charge in [0.15, 0.2) is 0 Å². The highest BCUT2D eigenvalue weighted by molar-refractivity contribution is 5.83. The lowest BCUT2D eigenvalue weighted by Gasteiger charge is -2.19. The number of aryl methyl sites for hydroxylation is 1. The molecule has 34 heavy (non-hydrogen) atoms. The molecule has 182 valence electrons. The van der Waals surface area contributed by atoms with Crippen molar-refractivity contribution in [2.75, 3.05) is 26.8 Å². The van der Waals surface area contributed by atoms with Crippen LogP contribution in [0.5, 0.6) is 0 Å². The molecule has 0 spiro atoms. The zero-order valence-corrected chi connectivity index (χ0v) is 20.3. The van der Waals surface area contributed by atoms with E-state index in [1.165, 1.54) is 12.3 Å². The molecule has 7 heteroatoms. The summed E-state index contributed by atoms with van der Waals surface area (Å²) in [7, 11) is 1.62. The number of carbonyl (C=O) groups is 1. The number of halogens is 1. The number of amides is 1. The Morgan fingerprint density at radius 2 is 2.00 bits per heavy atom. The van der Waals surface area contributed by atoms with Gasteiger partial charge >= 0.3 is 0 Å². The number of benzene rings is 2. The van der Waals surface area contributed by atoms with Gasteiger partial charge in [-0.3, -0.25) is 4.79 Å². The minimum absolute atomic E-state index is 0.0945. The minimum Gasteiger partial charge on any atom is -0.378 e. The van der Waals surface area contributed by atoms with Crippen molar-refractivity contribution in [1.29, 1.82) is 5.41 Å². The Bertz CT molecular complexity index is 1070. The van der Waals surface area contributed by atoms with Crippen molar-refractivity contribution in [2.45, 2.75) is 45.8 Å². The summed E-state index contributed by atoms with van der Waals surface area (Å²) in [5, 5.41) is 13.6. The molecule has 3 rings (SSSR count). The van der Waals surface area contributed by atoms with Gasteiger partial charge in [0.2, 0.25) is 0 Å². The van der Waals surface area contributed by atoms with Crippen molar-refractivity contribution >= 4 is 12.1 Å². The number of carbonyl (C=O) groups excluding carboxylic acids is 1. The molecular formula is C27H34FN3O3. The third-order valence-electron chi connectivity index (χ3n) is 6.31. The average molecular weight is 468 g/mol. The SMILES string of the molecule is CCC(C)=C(Cc1ccc(-c2ccc(C=N)c(C)c2)cc1F)NC(=O)C1CNCC(OC)CO1. The van der Waals surface area contributed by atoms with Crippen molar-refractivity contribution in [3.05, 3.63) is 70.2 Å². The molecule has 2 aromatic rings. The van der Waals surface area contributed by atoms with Gasteiger partial charge in [-0.1, -0.05) is 42.8 Å². The van der Waals surface area contributed by atoms with Crippen molar-refractivity contribution in [3.8, 4) is 11.1 Å². The number of hydrogen-bond donors (Lipinski definition) is 3. The third-order valence-corrected chi connectivity index (χ3v) is 6.31. The topological polar surface area (TPSA) is 83.4 Å². The molecular weight excluding hydrogens is 433 g/mol. The van der Waals surface area contributed by atoms with Gasteiger partial charge in [-0.25, -0.2) is 4.39 Å². The molecule has 0 bridgehead atoms. The van der Waals surface area contributed by atoms with Crippen molar-refractivity contribution in [1.82, 2.24) is 10.6 Å². The van der Waals surface area contributed by atoms with Crippen LogP contribution in [0.15, 0.2) is 47.7 Å². The Morgan fingerprint density at radius 3 is 2.65 bits per heavy atom. The second-order valence-corrected chi connectivity index (χ2v) is 8.64. The summed E-state index contributed by atoms with van der Waals surface area (Å²) >= 11 is 0. The zero-order chi connectivity index (χ0) is 24.7. The van der Waals surface area contributed by atoms with E-state index in [1.807, 2.05) is 45.0 Å². The maximum absolute atomic E-state index is 15.1. The predicted molar refractivity (Wildman–Crippen MR) is 133 cm³/mol. The quantitative estimate of drug-likeness (QED) is 0.510. The van der Waals surface area contributed by atoms with Crippen LogP contribution in [0.2, 0.25) is 0 Å². The molecule has 1 aliphatic rings. The predicted octanol–water partition coefficient (Wildman–Crippen LogP) is 4.14. The average Bonchev–Trinajstić information content (AvgIpc) is 3.10. The molecule has 1 heterocycles. The van der Waals surface area contributed by atoms with E-state index in [0.29, 0.717) is 31.0 Å². The summed E-state index contributed by atoms with van der Waals surface area (Å²) in [5.41, 5.74) is 5.68. The lowest BCUT2D eigenvalue weighted by Crippen LogP contribution is -2.41. The molecule has 1 saturated heterocycles. The first-order valence-electron chi connectivity index (χ1n) is 11.6. The van der Waals surface area contributed by atoms with E-state index in [9.17, 15) is 4.79 Å². The zero-order valence-electron chi connectivity index (χ0n) is 20.3. The van der Waals surface area contributed by atoms with Crippen LogP contribution in [0, 0.1) is 18.2 Å². The van der Waals surface area contributed by atoms with E-state index < -0.39 is 6.10 Å². The molecule has 1 aliphatic heterocycles. The van der Waals surface area contributed by atoms with Crippen LogP contribution in [-0.2, 0) is 20.7 Å². The van der Waals surface area contributed by atoms with Gasteiger partial charge in [-0.05, 0) is 54.2 Å². The molecule has 1 fully saturated rings. The van der Waals surface area contributed by atoms with Gasteiger partial charge in [0.25, 0.3) is 5.91 Å². The number of nitrogens with one attached hydrogen (secondary N) is 3. The van der Waals surface area contributed by atoms with E-state index in [0.717, 1.165) is 34.2 Å². The maximum atomic E-state index is 15.1. The standard InChI is InChI=1S/C27H34FN3O3/c1-5-17(2)25(31-27(32)26-15-30-14-23(33-4)16-34-26)12-21-8-6-20(11-24(21)28)19-7-9-22(13-29)18(3)10-19/h6-11,13,23,26,29-30H,5,12,14-16H2,1-4H3,(H,31,32). The summed E-state index contributed by atoms with van der Waals surface area (Å²) in [4.78, 5) is 12.9. The van der Waals surface area contributed by atoms with E-state index in [-0.39, 0.29) is 24.2 Å². The van der Waals surface area contributed by atoms with Gasteiger partial charge in [0.1, 0.15) is 11.9 Å². The van der Waals surface area contributed by atoms with Crippen LogP contribution in [-0.4, -0.2) is 51.1 Å². The first-order chi connectivity index (χ1) is 16.4. The van der Waals surface area contributed by atoms with Crippen LogP contribution >= 0.6 is 0 Å². The number of hydrogen-bond acceptors (Lipinski definition) is 5. The Balaban J connectivity index is 1.76. The number of rotatable bonds is 8. The van der Waals surface area contributed by atoms with Gasteiger partial charge in [-0.2, -0.15) is 0 Å². The monoisotopic (exact) mass is 467 g/mol. The lowest BCUT2D eigenvalue weighted by atomic mass is 9.97. The molecule has 2 atom stereocenters. The second-order valence-electron chi connectivity index (χ2n) is 8.64. The van der Waals surface area contributed by atoms with E-state index in [2.05, 4.69) is 10.6 Å². The van der Waals surface area contributed by atoms with E-state index >= 15 is 4.39 Å². The molecule has 0 radical (unpaired) electrons. The largest absolute Gasteiger partial charge is 0.378 e. The van der Waals surface area contributed by atoms with Crippen molar-refractivity contribution in [3.63, 3.8) is 0 Å². The molecule has 0 aromatic heterocycles. The highest BCUT2D eigenvalue weighted by Gasteiger charge is 2.25. The fourth-order valence-electron chi connectivity index (χ4n) is 3.86. The molecule has 3 N–H and O–H groups in total. The van der Waals surface area contributed by atoms with Crippen LogP contribution < -0.4 is 10.6 Å². The van der Waals surface area contributed by atoms with Gasteiger partial charge in [0.05, 0.1) is 12.7 Å². The normalized spacial score (nSPS) is 19.2. The summed E-state index contributed by atoms with van der Waals surface area (Å²) in [5.74, 6) is -0.567.